The average Bonchev–Trinajstić information content (AvgIpc) is 2.79. The van der Waals surface area contributed by atoms with Gasteiger partial charge in [0.25, 0.3) is 0 Å². The second-order valence-corrected chi connectivity index (χ2v) is 6.44. The van der Waals surface area contributed by atoms with E-state index in [-0.39, 0.29) is 23.2 Å². The summed E-state index contributed by atoms with van der Waals surface area (Å²) >= 11 is 1.33. The minimum absolute atomic E-state index is 0.111. The Morgan fingerprint density at radius 1 is 1.08 bits per heavy atom. The molecule has 0 radical (unpaired) electrons. The van der Waals surface area contributed by atoms with Crippen molar-refractivity contribution in [1.29, 1.82) is 0 Å². The molecule has 0 aliphatic rings. The number of aryl methyl sites for hydroxylation is 2. The van der Waals surface area contributed by atoms with Crippen LogP contribution in [0.25, 0.3) is 11.0 Å². The highest BCUT2D eigenvalue weighted by molar-refractivity contribution is 8.00. The van der Waals surface area contributed by atoms with E-state index in [1.165, 1.54) is 28.5 Å². The van der Waals surface area contributed by atoms with Crippen molar-refractivity contribution < 1.29 is 9.18 Å². The van der Waals surface area contributed by atoms with Crippen LogP contribution in [0.1, 0.15) is 0 Å². The number of benzene rings is 2. The molecule has 124 valence electrons. The Kier molecular flexibility index (Phi) is 4.44. The lowest BCUT2D eigenvalue weighted by Crippen LogP contribution is -2.19. The highest BCUT2D eigenvalue weighted by atomic mass is 32.2. The molecule has 0 aliphatic heterocycles. The van der Waals surface area contributed by atoms with Gasteiger partial charge in [0.2, 0.25) is 5.91 Å². The molecule has 2 aromatic carbocycles. The van der Waals surface area contributed by atoms with E-state index in [0.717, 1.165) is 15.9 Å². The third kappa shape index (κ3) is 3.21. The molecule has 24 heavy (non-hydrogen) atoms. The first kappa shape index (κ1) is 16.3. The molecule has 0 spiro atoms. The molecule has 7 heteroatoms. The Bertz CT molecular complexity index is 960. The van der Waals surface area contributed by atoms with Crippen molar-refractivity contribution in [3.63, 3.8) is 0 Å². The zero-order valence-electron chi connectivity index (χ0n) is 13.2. The molecule has 1 aromatic heterocycles. The third-order valence-electron chi connectivity index (χ3n) is 3.74. The van der Waals surface area contributed by atoms with Gasteiger partial charge in [0, 0.05) is 24.7 Å². The van der Waals surface area contributed by atoms with Crippen LogP contribution in [0.15, 0.2) is 52.2 Å². The summed E-state index contributed by atoms with van der Waals surface area (Å²) in [6.45, 7) is 0. The molecule has 1 amide bonds. The minimum Gasteiger partial charge on any atom is -0.325 e. The van der Waals surface area contributed by atoms with Gasteiger partial charge in [-0.05, 0) is 42.5 Å². The molecule has 0 aliphatic carbocycles. The van der Waals surface area contributed by atoms with Crippen molar-refractivity contribution in [3.8, 4) is 0 Å². The summed E-state index contributed by atoms with van der Waals surface area (Å²) in [5.41, 5.74) is 2.08. The average molecular weight is 345 g/mol. The summed E-state index contributed by atoms with van der Waals surface area (Å²) in [5, 5.41) is 2.81. The SMILES string of the molecule is Cn1c(=O)n(C)c2cc(NC(=O)CSc3ccc(F)cc3)ccc21. The third-order valence-corrected chi connectivity index (χ3v) is 4.75. The first-order chi connectivity index (χ1) is 11.5. The number of carbonyl (C=O) groups excluding carboxylic acids is 1. The largest absolute Gasteiger partial charge is 0.328 e. The molecule has 0 bridgehead atoms. The molecule has 1 heterocycles. The molecule has 0 saturated carbocycles. The fourth-order valence-electron chi connectivity index (χ4n) is 2.46. The number of amides is 1. The number of aromatic nitrogens is 2. The van der Waals surface area contributed by atoms with Crippen molar-refractivity contribution >= 4 is 34.4 Å². The Morgan fingerprint density at radius 2 is 1.75 bits per heavy atom. The summed E-state index contributed by atoms with van der Waals surface area (Å²) in [7, 11) is 3.41. The number of imidazole rings is 1. The van der Waals surface area contributed by atoms with Crippen molar-refractivity contribution in [2.45, 2.75) is 4.90 Å². The van der Waals surface area contributed by atoms with E-state index in [9.17, 15) is 14.0 Å². The van der Waals surface area contributed by atoms with Gasteiger partial charge in [0.1, 0.15) is 5.82 Å². The van der Waals surface area contributed by atoms with Gasteiger partial charge in [-0.1, -0.05) is 0 Å². The molecule has 1 N–H and O–H groups in total. The fourth-order valence-corrected chi connectivity index (χ4v) is 3.16. The summed E-state index contributed by atoms with van der Waals surface area (Å²) in [4.78, 5) is 24.8. The summed E-state index contributed by atoms with van der Waals surface area (Å²) in [6, 6.07) is 11.4. The van der Waals surface area contributed by atoms with Crippen LogP contribution in [0.5, 0.6) is 0 Å². The van der Waals surface area contributed by atoms with Crippen molar-refractivity contribution in [3.05, 3.63) is 58.8 Å². The van der Waals surface area contributed by atoms with Gasteiger partial charge in [-0.15, -0.1) is 11.8 Å². The Hall–Kier alpha value is -2.54. The molecule has 0 unspecified atom stereocenters. The van der Waals surface area contributed by atoms with Crippen LogP contribution < -0.4 is 11.0 Å². The van der Waals surface area contributed by atoms with Gasteiger partial charge < -0.3 is 5.32 Å². The van der Waals surface area contributed by atoms with Crippen molar-refractivity contribution in [2.24, 2.45) is 14.1 Å². The number of fused-ring (bicyclic) bond motifs is 1. The first-order valence-electron chi connectivity index (χ1n) is 7.29. The predicted octanol–water partition coefficient (Wildman–Crippen LogP) is 2.75. The van der Waals surface area contributed by atoms with Gasteiger partial charge in [-0.25, -0.2) is 9.18 Å². The van der Waals surface area contributed by atoms with E-state index in [1.807, 2.05) is 0 Å². The number of hydrogen-bond donors (Lipinski definition) is 1. The number of nitrogens with one attached hydrogen (secondary N) is 1. The number of carbonyl (C=O) groups is 1. The first-order valence-corrected chi connectivity index (χ1v) is 8.28. The summed E-state index contributed by atoms with van der Waals surface area (Å²) < 4.78 is 15.9. The predicted molar refractivity (Wildman–Crippen MR) is 93.9 cm³/mol. The van der Waals surface area contributed by atoms with E-state index < -0.39 is 0 Å². The highest BCUT2D eigenvalue weighted by Crippen LogP contribution is 2.20. The van der Waals surface area contributed by atoms with Crippen LogP contribution in [-0.4, -0.2) is 20.8 Å². The topological polar surface area (TPSA) is 56.0 Å². The maximum absolute atomic E-state index is 12.8. The number of anilines is 1. The van der Waals surface area contributed by atoms with Gasteiger partial charge in [-0.3, -0.25) is 13.9 Å². The van der Waals surface area contributed by atoms with Crippen LogP contribution in [0, 0.1) is 5.82 Å². The minimum atomic E-state index is -0.300. The molecular weight excluding hydrogens is 329 g/mol. The molecule has 0 fully saturated rings. The van der Waals surface area contributed by atoms with Crippen molar-refractivity contribution in [1.82, 2.24) is 9.13 Å². The lowest BCUT2D eigenvalue weighted by atomic mass is 10.2. The Labute approximate surface area is 142 Å². The Morgan fingerprint density at radius 3 is 2.46 bits per heavy atom. The second kappa shape index (κ2) is 6.52. The number of nitrogens with zero attached hydrogens (tertiary/aromatic N) is 2. The molecular formula is C17H16FN3O2S. The van der Waals surface area contributed by atoms with E-state index >= 15 is 0 Å². The number of hydrogen-bond acceptors (Lipinski definition) is 3. The molecule has 5 nitrogen and oxygen atoms in total. The zero-order chi connectivity index (χ0) is 17.3. The smallest absolute Gasteiger partial charge is 0.325 e. The maximum atomic E-state index is 12.8. The zero-order valence-corrected chi connectivity index (χ0v) is 14.1. The van der Waals surface area contributed by atoms with Crippen molar-refractivity contribution in [2.75, 3.05) is 11.1 Å². The van der Waals surface area contributed by atoms with Gasteiger partial charge >= 0.3 is 5.69 Å². The normalized spacial score (nSPS) is 11.0. The van der Waals surface area contributed by atoms with E-state index in [1.54, 1.807) is 49.0 Å². The summed E-state index contributed by atoms with van der Waals surface area (Å²) in [5.74, 6) is -0.243. The van der Waals surface area contributed by atoms with Gasteiger partial charge in [0.05, 0.1) is 16.8 Å². The maximum Gasteiger partial charge on any atom is 0.328 e. The molecule has 3 aromatic rings. The standard InChI is InChI=1S/C17H16FN3O2S/c1-20-14-8-5-12(9-15(14)21(2)17(20)23)19-16(22)10-24-13-6-3-11(18)4-7-13/h3-9H,10H2,1-2H3,(H,19,22). The van der Waals surface area contributed by atoms with Crippen LogP contribution in [-0.2, 0) is 18.9 Å². The van der Waals surface area contributed by atoms with Gasteiger partial charge in [-0.2, -0.15) is 0 Å². The number of thioether (sulfide) groups is 1. The monoisotopic (exact) mass is 345 g/mol. The highest BCUT2D eigenvalue weighted by Gasteiger charge is 2.10. The fraction of sp³-hybridized carbons (Fsp3) is 0.176. The van der Waals surface area contributed by atoms with Crippen LogP contribution in [0.2, 0.25) is 0 Å². The van der Waals surface area contributed by atoms with E-state index in [0.29, 0.717) is 5.69 Å². The lowest BCUT2D eigenvalue weighted by molar-refractivity contribution is -0.113. The molecule has 0 saturated heterocycles. The van der Waals surface area contributed by atoms with Crippen LogP contribution in [0.3, 0.4) is 0 Å². The molecule has 3 rings (SSSR count). The Balaban J connectivity index is 1.70. The van der Waals surface area contributed by atoms with E-state index in [2.05, 4.69) is 5.32 Å². The second-order valence-electron chi connectivity index (χ2n) is 5.39. The van der Waals surface area contributed by atoms with Gasteiger partial charge in [0.15, 0.2) is 0 Å². The van der Waals surface area contributed by atoms with E-state index in [4.69, 9.17) is 0 Å². The van der Waals surface area contributed by atoms with Crippen LogP contribution >= 0.6 is 11.8 Å². The molecule has 0 atom stereocenters. The number of rotatable bonds is 4. The lowest BCUT2D eigenvalue weighted by Gasteiger charge is -2.06. The van der Waals surface area contributed by atoms with Crippen LogP contribution in [0.4, 0.5) is 10.1 Å². The quantitative estimate of drug-likeness (QED) is 0.740. The summed E-state index contributed by atoms with van der Waals surface area (Å²) in [6.07, 6.45) is 0. The number of halogens is 1.